The van der Waals surface area contributed by atoms with Crippen molar-refractivity contribution in [3.05, 3.63) is 63.9 Å². The first-order valence-electron chi connectivity index (χ1n) is 7.96. The second-order valence-corrected chi connectivity index (χ2v) is 6.17. The van der Waals surface area contributed by atoms with Gasteiger partial charge >= 0.3 is 5.97 Å². The summed E-state index contributed by atoms with van der Waals surface area (Å²) < 4.78 is 1.50. The van der Waals surface area contributed by atoms with E-state index in [4.69, 9.17) is 0 Å². The molecule has 1 aliphatic rings. The Hall–Kier alpha value is -2.30. The minimum Gasteiger partial charge on any atom is -0.479 e. The first-order chi connectivity index (χ1) is 11.9. The Labute approximate surface area is 163 Å². The first-order valence-corrected chi connectivity index (χ1v) is 7.96. The molecule has 0 saturated heterocycles. The van der Waals surface area contributed by atoms with Crippen LogP contribution in [0.2, 0.25) is 0 Å². The van der Waals surface area contributed by atoms with Crippen molar-refractivity contribution >= 4 is 16.9 Å². The number of carbonyl (C=O) groups is 1. The van der Waals surface area contributed by atoms with Crippen molar-refractivity contribution in [2.75, 3.05) is 0 Å². The summed E-state index contributed by atoms with van der Waals surface area (Å²) in [5.41, 5.74) is 0.165. The van der Waals surface area contributed by atoms with E-state index in [9.17, 15) is 19.8 Å². The number of fused-ring (bicyclic) bond motifs is 4. The molecule has 3 aromatic rings. The number of benzene rings is 1. The molecule has 2 N–H and O–H groups in total. The molecule has 0 spiro atoms. The van der Waals surface area contributed by atoms with Gasteiger partial charge in [-0.2, -0.15) is 17.7 Å². The van der Waals surface area contributed by atoms with Crippen molar-refractivity contribution in [1.82, 2.24) is 9.55 Å². The monoisotopic (exact) mass is 530 g/mol. The van der Waals surface area contributed by atoms with Crippen molar-refractivity contribution in [2.24, 2.45) is 0 Å². The Kier molecular flexibility index (Phi) is 4.59. The van der Waals surface area contributed by atoms with Gasteiger partial charge in [-0.1, -0.05) is 25.1 Å². The van der Waals surface area contributed by atoms with Crippen molar-refractivity contribution in [3.63, 3.8) is 0 Å². The van der Waals surface area contributed by atoms with Crippen molar-refractivity contribution in [2.45, 2.75) is 25.5 Å². The predicted octanol–water partition coefficient (Wildman–Crippen LogP) is 1.91. The standard InChI is InChI=1S/C19H15N2O4.Pt/c1-2-19(25,18(23)24)13-8-15-17-12(10-21(15)16(22)9-13)7-11-5-3-4-6-14(11)20-17;/h3-8,25H,2,10H2,1H3,(H,23,24);/q-1;/t19-;/m0./s1. The zero-order valence-electron chi connectivity index (χ0n) is 13.8. The van der Waals surface area contributed by atoms with Crippen LogP contribution in [0.3, 0.4) is 0 Å². The van der Waals surface area contributed by atoms with Crippen molar-refractivity contribution < 1.29 is 36.1 Å². The van der Waals surface area contributed by atoms with Crippen LogP contribution >= 0.6 is 0 Å². The normalized spacial score (nSPS) is 14.2. The summed E-state index contributed by atoms with van der Waals surface area (Å²) in [5.74, 6) is -1.40. The zero-order valence-corrected chi connectivity index (χ0v) is 16.1. The minimum atomic E-state index is -2.14. The molecule has 3 heterocycles. The van der Waals surface area contributed by atoms with Crippen LogP contribution in [0.5, 0.6) is 0 Å². The summed E-state index contributed by atoms with van der Waals surface area (Å²) in [5, 5.41) is 20.8. The van der Waals surface area contributed by atoms with E-state index >= 15 is 0 Å². The second kappa shape index (κ2) is 6.45. The number of nitrogens with zero attached hydrogens (tertiary/aromatic N) is 2. The van der Waals surface area contributed by atoms with Gasteiger partial charge < -0.3 is 14.8 Å². The second-order valence-electron chi connectivity index (χ2n) is 6.17. The molecular weight excluding hydrogens is 515 g/mol. The maximum Gasteiger partial charge on any atom is 0.337 e. The molecule has 0 aliphatic carbocycles. The van der Waals surface area contributed by atoms with E-state index in [1.807, 2.05) is 30.3 Å². The Morgan fingerprint density at radius 1 is 1.35 bits per heavy atom. The fourth-order valence-corrected chi connectivity index (χ4v) is 3.25. The van der Waals surface area contributed by atoms with Gasteiger partial charge in [-0.05, 0) is 29.8 Å². The number of carboxylic acids is 1. The molecule has 1 aromatic carbocycles. The maximum atomic E-state index is 12.5. The predicted molar refractivity (Wildman–Crippen MR) is 91.2 cm³/mol. The first kappa shape index (κ1) is 18.5. The molecule has 0 unspecified atom stereocenters. The van der Waals surface area contributed by atoms with Gasteiger partial charge in [0, 0.05) is 26.5 Å². The molecule has 0 amide bonds. The van der Waals surface area contributed by atoms with E-state index in [1.54, 1.807) is 6.92 Å². The molecule has 4 rings (SSSR count). The number of hydrogen-bond acceptors (Lipinski definition) is 4. The summed E-state index contributed by atoms with van der Waals surface area (Å²) in [4.78, 5) is 28.6. The van der Waals surface area contributed by atoms with Crippen LogP contribution in [-0.2, 0) is 38.0 Å². The molecule has 0 bridgehead atoms. The van der Waals surface area contributed by atoms with Gasteiger partial charge in [0.2, 0.25) is 0 Å². The Bertz CT molecular complexity index is 1090. The van der Waals surface area contributed by atoms with Crippen LogP contribution in [0.1, 0.15) is 24.5 Å². The van der Waals surface area contributed by atoms with Gasteiger partial charge in [0.25, 0.3) is 0 Å². The molecule has 6 nitrogen and oxygen atoms in total. The number of aliphatic carboxylic acids is 1. The van der Waals surface area contributed by atoms with E-state index in [1.165, 1.54) is 10.6 Å². The van der Waals surface area contributed by atoms with Gasteiger partial charge in [-0.3, -0.25) is 4.79 Å². The molecule has 136 valence electrons. The van der Waals surface area contributed by atoms with Crippen LogP contribution < -0.4 is 5.56 Å². The molecule has 0 radical (unpaired) electrons. The van der Waals surface area contributed by atoms with E-state index in [0.717, 1.165) is 16.5 Å². The van der Waals surface area contributed by atoms with Crippen LogP contribution in [0.4, 0.5) is 0 Å². The van der Waals surface area contributed by atoms with E-state index in [2.05, 4.69) is 11.1 Å². The van der Waals surface area contributed by atoms with Gasteiger partial charge in [0.1, 0.15) is 0 Å². The SMILES string of the molecule is CC[C@@](O)(C(=O)O)c1[c-]c(=O)n2c(c1)-c1nc3ccccc3cc1C2.[Pt]. The molecular formula is C19H15N2O4Pt-. The number of aromatic nitrogens is 2. The third-order valence-corrected chi connectivity index (χ3v) is 4.74. The molecule has 1 aliphatic heterocycles. The average Bonchev–Trinajstić information content (AvgIpc) is 2.97. The number of para-hydroxylation sites is 1. The summed E-state index contributed by atoms with van der Waals surface area (Å²) in [7, 11) is 0. The third-order valence-electron chi connectivity index (χ3n) is 4.74. The average molecular weight is 530 g/mol. The van der Waals surface area contributed by atoms with E-state index < -0.39 is 17.1 Å². The fourth-order valence-electron chi connectivity index (χ4n) is 3.25. The molecule has 1 atom stereocenters. The van der Waals surface area contributed by atoms with Gasteiger partial charge in [0.15, 0.2) is 11.2 Å². The fraction of sp³-hybridized carbons (Fsp3) is 0.211. The topological polar surface area (TPSA) is 92.4 Å². The van der Waals surface area contributed by atoms with Crippen LogP contribution in [0.25, 0.3) is 22.3 Å². The summed E-state index contributed by atoms with van der Waals surface area (Å²) in [6.45, 7) is 1.91. The minimum absolute atomic E-state index is 0. The van der Waals surface area contributed by atoms with Crippen LogP contribution in [0, 0.1) is 6.07 Å². The van der Waals surface area contributed by atoms with Crippen LogP contribution in [0.15, 0.2) is 41.2 Å². The van der Waals surface area contributed by atoms with Crippen LogP contribution in [-0.4, -0.2) is 25.7 Å². The Morgan fingerprint density at radius 3 is 2.77 bits per heavy atom. The van der Waals surface area contributed by atoms with Gasteiger partial charge in [-0.15, -0.1) is 0 Å². The van der Waals surface area contributed by atoms with Crippen molar-refractivity contribution in [3.8, 4) is 11.4 Å². The molecule has 2 aromatic heterocycles. The zero-order chi connectivity index (χ0) is 17.8. The third kappa shape index (κ3) is 2.61. The molecule has 0 saturated carbocycles. The Balaban J connectivity index is 0.00000196. The quantitative estimate of drug-likeness (QED) is 0.395. The summed E-state index contributed by atoms with van der Waals surface area (Å²) >= 11 is 0. The van der Waals surface area contributed by atoms with Gasteiger partial charge in [-0.25, -0.2) is 9.78 Å². The number of pyridine rings is 2. The number of aliphatic hydroxyl groups is 1. The van der Waals surface area contributed by atoms with E-state index in [0.29, 0.717) is 17.9 Å². The number of hydrogen-bond donors (Lipinski definition) is 2. The smallest absolute Gasteiger partial charge is 0.337 e. The summed E-state index contributed by atoms with van der Waals surface area (Å²) in [6, 6.07) is 13.6. The van der Waals surface area contributed by atoms with Gasteiger partial charge in [0.05, 0.1) is 17.8 Å². The maximum absolute atomic E-state index is 12.5. The summed E-state index contributed by atoms with van der Waals surface area (Å²) in [6.07, 6.45) is -0.0697. The van der Waals surface area contributed by atoms with Crippen molar-refractivity contribution in [1.29, 1.82) is 0 Å². The molecule has 26 heavy (non-hydrogen) atoms. The largest absolute Gasteiger partial charge is 0.479 e. The Morgan fingerprint density at radius 2 is 2.08 bits per heavy atom. The number of rotatable bonds is 3. The molecule has 0 fully saturated rings. The van der Waals surface area contributed by atoms with E-state index in [-0.39, 0.29) is 33.0 Å². The number of carboxylic acid groups (broad SMARTS) is 1. The molecule has 7 heteroatoms.